The zero-order valence-corrected chi connectivity index (χ0v) is 14.2. The first kappa shape index (κ1) is 17.0. The van der Waals surface area contributed by atoms with Crippen LogP contribution in [-0.2, 0) is 4.79 Å². The second-order valence-electron chi connectivity index (χ2n) is 6.50. The highest BCUT2D eigenvalue weighted by atomic mass is 35.5. The molecule has 24 heavy (non-hydrogen) atoms. The molecule has 1 saturated carbocycles. The SMILES string of the molecule is O=C(CC1CCC(c2ccccc2F)CC1)Nc1ccc(Cl)cc1. The smallest absolute Gasteiger partial charge is 0.224 e. The van der Waals surface area contributed by atoms with Crippen molar-refractivity contribution < 1.29 is 9.18 Å². The molecule has 0 bridgehead atoms. The van der Waals surface area contributed by atoms with Gasteiger partial charge in [-0.1, -0.05) is 29.8 Å². The Kier molecular flexibility index (Phi) is 5.52. The maximum absolute atomic E-state index is 13.9. The minimum Gasteiger partial charge on any atom is -0.326 e. The van der Waals surface area contributed by atoms with E-state index in [-0.39, 0.29) is 17.6 Å². The molecule has 0 saturated heterocycles. The van der Waals surface area contributed by atoms with E-state index in [0.29, 0.717) is 17.4 Å². The molecule has 3 rings (SSSR count). The normalized spacial score (nSPS) is 20.6. The summed E-state index contributed by atoms with van der Waals surface area (Å²) in [5.74, 6) is 0.579. The van der Waals surface area contributed by atoms with Crippen molar-refractivity contribution in [1.29, 1.82) is 0 Å². The van der Waals surface area contributed by atoms with E-state index in [9.17, 15) is 9.18 Å². The fraction of sp³-hybridized carbons (Fsp3) is 0.350. The first-order valence-electron chi connectivity index (χ1n) is 8.41. The molecule has 0 aromatic heterocycles. The van der Waals surface area contributed by atoms with Gasteiger partial charge in [0, 0.05) is 17.1 Å². The minimum absolute atomic E-state index is 0.0339. The number of carbonyl (C=O) groups excluding carboxylic acids is 1. The van der Waals surface area contributed by atoms with Crippen LogP contribution in [0.4, 0.5) is 10.1 Å². The molecule has 1 amide bonds. The highest BCUT2D eigenvalue weighted by Crippen LogP contribution is 2.38. The quantitative estimate of drug-likeness (QED) is 0.747. The van der Waals surface area contributed by atoms with Gasteiger partial charge in [0.1, 0.15) is 5.82 Å². The average Bonchev–Trinajstić information content (AvgIpc) is 2.58. The van der Waals surface area contributed by atoms with Crippen molar-refractivity contribution in [2.24, 2.45) is 5.92 Å². The molecule has 2 aromatic rings. The number of halogens is 2. The maximum Gasteiger partial charge on any atom is 0.224 e. The van der Waals surface area contributed by atoms with Gasteiger partial charge in [-0.2, -0.15) is 0 Å². The van der Waals surface area contributed by atoms with Gasteiger partial charge < -0.3 is 5.32 Å². The van der Waals surface area contributed by atoms with Crippen LogP contribution in [0.2, 0.25) is 5.02 Å². The fourth-order valence-corrected chi connectivity index (χ4v) is 3.62. The lowest BCUT2D eigenvalue weighted by Gasteiger charge is -2.28. The van der Waals surface area contributed by atoms with Crippen molar-refractivity contribution in [3.05, 3.63) is 64.9 Å². The number of hydrogen-bond donors (Lipinski definition) is 1. The highest BCUT2D eigenvalue weighted by molar-refractivity contribution is 6.30. The Bertz CT molecular complexity index is 693. The number of carbonyl (C=O) groups is 1. The summed E-state index contributed by atoms with van der Waals surface area (Å²) in [5.41, 5.74) is 1.59. The van der Waals surface area contributed by atoms with E-state index >= 15 is 0 Å². The van der Waals surface area contributed by atoms with Crippen molar-refractivity contribution >= 4 is 23.2 Å². The van der Waals surface area contributed by atoms with Crippen molar-refractivity contribution in [2.45, 2.75) is 38.0 Å². The summed E-state index contributed by atoms with van der Waals surface area (Å²) in [6, 6.07) is 14.2. The average molecular weight is 346 g/mol. The summed E-state index contributed by atoms with van der Waals surface area (Å²) in [6.45, 7) is 0. The van der Waals surface area contributed by atoms with Gasteiger partial charge in [0.25, 0.3) is 0 Å². The van der Waals surface area contributed by atoms with Crippen LogP contribution in [0.1, 0.15) is 43.6 Å². The Morgan fingerprint density at radius 2 is 1.71 bits per heavy atom. The monoisotopic (exact) mass is 345 g/mol. The summed E-state index contributed by atoms with van der Waals surface area (Å²) >= 11 is 5.84. The molecule has 1 fully saturated rings. The van der Waals surface area contributed by atoms with Crippen molar-refractivity contribution in [3.8, 4) is 0 Å². The summed E-state index contributed by atoms with van der Waals surface area (Å²) in [4.78, 5) is 12.2. The zero-order valence-electron chi connectivity index (χ0n) is 13.5. The van der Waals surface area contributed by atoms with Crippen LogP contribution in [0.25, 0.3) is 0 Å². The molecule has 1 aliphatic carbocycles. The van der Waals surface area contributed by atoms with E-state index in [2.05, 4.69) is 5.32 Å². The largest absolute Gasteiger partial charge is 0.326 e. The van der Waals surface area contributed by atoms with Crippen LogP contribution >= 0.6 is 11.6 Å². The van der Waals surface area contributed by atoms with Crippen molar-refractivity contribution in [2.75, 3.05) is 5.32 Å². The standard InChI is InChI=1S/C20H21ClFNO/c21-16-9-11-17(12-10-16)23-20(24)13-14-5-7-15(8-6-14)18-3-1-2-4-19(18)22/h1-4,9-12,14-15H,5-8,13H2,(H,23,24). The molecule has 2 nitrogen and oxygen atoms in total. The third-order valence-electron chi connectivity index (χ3n) is 4.79. The molecule has 0 atom stereocenters. The predicted octanol–water partition coefficient (Wildman–Crippen LogP) is 5.78. The first-order valence-corrected chi connectivity index (χ1v) is 8.79. The topological polar surface area (TPSA) is 29.1 Å². The van der Waals surface area contributed by atoms with Crippen LogP contribution < -0.4 is 5.32 Å². The number of benzene rings is 2. The third-order valence-corrected chi connectivity index (χ3v) is 5.05. The Morgan fingerprint density at radius 1 is 1.04 bits per heavy atom. The van der Waals surface area contributed by atoms with E-state index in [4.69, 9.17) is 11.6 Å². The van der Waals surface area contributed by atoms with Crippen LogP contribution in [0.5, 0.6) is 0 Å². The van der Waals surface area contributed by atoms with Crippen LogP contribution in [0.15, 0.2) is 48.5 Å². The number of rotatable bonds is 4. The van der Waals surface area contributed by atoms with Crippen LogP contribution in [-0.4, -0.2) is 5.91 Å². The molecule has 0 aliphatic heterocycles. The third kappa shape index (κ3) is 4.35. The van der Waals surface area contributed by atoms with E-state index < -0.39 is 0 Å². The Morgan fingerprint density at radius 3 is 2.38 bits per heavy atom. The molecule has 0 radical (unpaired) electrons. The highest BCUT2D eigenvalue weighted by Gasteiger charge is 2.25. The number of hydrogen-bond acceptors (Lipinski definition) is 1. The summed E-state index contributed by atoms with van der Waals surface area (Å²) in [5, 5.41) is 3.56. The van der Waals surface area contributed by atoms with Gasteiger partial charge in [-0.3, -0.25) is 4.79 Å². The Labute approximate surface area is 147 Å². The lowest BCUT2D eigenvalue weighted by atomic mass is 9.77. The fourth-order valence-electron chi connectivity index (χ4n) is 3.49. The lowest BCUT2D eigenvalue weighted by molar-refractivity contribution is -0.117. The molecular weight excluding hydrogens is 325 g/mol. The van der Waals surface area contributed by atoms with E-state index in [1.165, 1.54) is 6.07 Å². The van der Waals surface area contributed by atoms with E-state index in [0.717, 1.165) is 36.9 Å². The van der Waals surface area contributed by atoms with Gasteiger partial charge in [0.05, 0.1) is 0 Å². The summed E-state index contributed by atoms with van der Waals surface area (Å²) in [7, 11) is 0. The molecule has 4 heteroatoms. The van der Waals surface area contributed by atoms with Gasteiger partial charge in [0.2, 0.25) is 5.91 Å². The maximum atomic E-state index is 13.9. The summed E-state index contributed by atoms with van der Waals surface area (Å²) < 4.78 is 13.9. The van der Waals surface area contributed by atoms with Gasteiger partial charge in [0.15, 0.2) is 0 Å². The molecule has 0 spiro atoms. The van der Waals surface area contributed by atoms with E-state index in [1.807, 2.05) is 12.1 Å². The molecule has 1 N–H and O–H groups in total. The molecule has 1 aliphatic rings. The Hall–Kier alpha value is -1.87. The van der Waals surface area contributed by atoms with Crippen LogP contribution in [0.3, 0.4) is 0 Å². The minimum atomic E-state index is -0.110. The Balaban J connectivity index is 1.49. The first-order chi connectivity index (χ1) is 11.6. The number of amides is 1. The molecule has 0 unspecified atom stereocenters. The second-order valence-corrected chi connectivity index (χ2v) is 6.93. The lowest BCUT2D eigenvalue weighted by Crippen LogP contribution is -2.20. The van der Waals surface area contributed by atoms with Gasteiger partial charge in [-0.25, -0.2) is 4.39 Å². The summed E-state index contributed by atoms with van der Waals surface area (Å²) in [6.07, 6.45) is 4.34. The van der Waals surface area contributed by atoms with Gasteiger partial charge >= 0.3 is 0 Å². The van der Waals surface area contributed by atoms with Gasteiger partial charge in [-0.05, 0) is 73.4 Å². The van der Waals surface area contributed by atoms with E-state index in [1.54, 1.807) is 30.3 Å². The predicted molar refractivity (Wildman–Crippen MR) is 95.8 cm³/mol. The van der Waals surface area contributed by atoms with Crippen molar-refractivity contribution in [3.63, 3.8) is 0 Å². The molecular formula is C20H21ClFNO. The van der Waals surface area contributed by atoms with Crippen LogP contribution in [0, 0.1) is 11.7 Å². The molecule has 126 valence electrons. The number of nitrogens with one attached hydrogen (secondary N) is 1. The number of anilines is 1. The van der Waals surface area contributed by atoms with Crippen molar-refractivity contribution in [1.82, 2.24) is 0 Å². The zero-order chi connectivity index (χ0) is 16.9. The molecule has 0 heterocycles. The molecule has 2 aromatic carbocycles. The second kappa shape index (κ2) is 7.80. The van der Waals surface area contributed by atoms with Gasteiger partial charge in [-0.15, -0.1) is 0 Å².